The number of aromatic nitrogens is 1. The van der Waals surface area contributed by atoms with Gasteiger partial charge in [-0.1, -0.05) is 44.2 Å². The van der Waals surface area contributed by atoms with E-state index in [0.29, 0.717) is 75.8 Å². The van der Waals surface area contributed by atoms with E-state index in [1.54, 1.807) is 18.2 Å². The van der Waals surface area contributed by atoms with E-state index in [9.17, 15) is 41.1 Å². The molecule has 2 aliphatic carbocycles. The first kappa shape index (κ1) is 42.5. The van der Waals surface area contributed by atoms with Crippen molar-refractivity contribution in [1.82, 2.24) is 24.8 Å². The summed E-state index contributed by atoms with van der Waals surface area (Å²) in [6, 6.07) is 3.90. The number of aryl methyl sites for hydroxylation is 1. The minimum absolute atomic E-state index is 0.0583. The van der Waals surface area contributed by atoms with Gasteiger partial charge in [0.25, 0.3) is 5.91 Å². The maximum absolute atomic E-state index is 15.1. The number of pyridine rings is 1. The summed E-state index contributed by atoms with van der Waals surface area (Å²) >= 11 is 0. The van der Waals surface area contributed by atoms with Crippen LogP contribution in [0.25, 0.3) is 10.8 Å². The normalized spacial score (nSPS) is 29.7. The first-order valence-corrected chi connectivity index (χ1v) is 21.7. The zero-order valence-electron chi connectivity index (χ0n) is 33.8. The van der Waals surface area contributed by atoms with Crippen LogP contribution in [0.3, 0.4) is 0 Å². The van der Waals surface area contributed by atoms with Crippen LogP contribution in [0.4, 0.5) is 18.0 Å². The minimum atomic E-state index is -5.09. The van der Waals surface area contributed by atoms with Crippen molar-refractivity contribution in [3.8, 4) is 11.6 Å². The van der Waals surface area contributed by atoms with Crippen LogP contribution >= 0.6 is 0 Å². The van der Waals surface area contributed by atoms with Crippen molar-refractivity contribution in [3.05, 3.63) is 42.1 Å². The zero-order chi connectivity index (χ0) is 42.9. The lowest BCUT2D eigenvalue weighted by Gasteiger charge is -2.45. The molecule has 18 heteroatoms. The summed E-state index contributed by atoms with van der Waals surface area (Å²) in [6.45, 7) is 6.49. The van der Waals surface area contributed by atoms with Gasteiger partial charge in [0.2, 0.25) is 27.7 Å². The van der Waals surface area contributed by atoms with Crippen molar-refractivity contribution in [2.24, 2.45) is 17.8 Å². The van der Waals surface area contributed by atoms with Gasteiger partial charge in [0.05, 0.1) is 23.6 Å². The van der Waals surface area contributed by atoms with Crippen LogP contribution in [0, 0.1) is 17.8 Å². The van der Waals surface area contributed by atoms with Crippen LogP contribution in [0.1, 0.15) is 91.7 Å². The van der Waals surface area contributed by atoms with Crippen LogP contribution in [-0.2, 0) is 30.8 Å². The fourth-order valence-electron chi connectivity index (χ4n) is 8.83. The van der Waals surface area contributed by atoms with Gasteiger partial charge in [-0.05, 0) is 90.0 Å². The van der Waals surface area contributed by atoms with Gasteiger partial charge in [-0.3, -0.25) is 24.0 Å². The van der Waals surface area contributed by atoms with Gasteiger partial charge >= 0.3 is 12.3 Å². The van der Waals surface area contributed by atoms with E-state index < -0.39 is 85.9 Å². The number of allylic oxidation sites excluding steroid dienone is 1. The molecule has 0 radical (unpaired) electrons. The molecule has 3 N–H and O–H groups in total. The number of carbonyl (C=O) groups excluding carboxylic acids is 3. The van der Waals surface area contributed by atoms with Gasteiger partial charge in [0.15, 0.2) is 0 Å². The molecule has 1 aromatic heterocycles. The largest absolute Gasteiger partial charge is 0.491 e. The Morgan fingerprint density at radius 3 is 2.47 bits per heavy atom. The predicted octanol–water partition coefficient (Wildman–Crippen LogP) is 5.48. The molecule has 0 bridgehead atoms. The number of fused-ring (bicyclic) bond motifs is 5. The molecule has 2 aromatic rings. The van der Waals surface area contributed by atoms with Crippen LogP contribution in [0.5, 0.6) is 11.6 Å². The highest BCUT2D eigenvalue weighted by Gasteiger charge is 2.64. The molecule has 5 aliphatic rings. The number of hydrogen-bond acceptors (Lipinski definition) is 9. The van der Waals surface area contributed by atoms with E-state index in [-0.39, 0.29) is 42.5 Å². The summed E-state index contributed by atoms with van der Waals surface area (Å²) in [5.74, 6) is -3.75. The lowest BCUT2D eigenvalue weighted by atomic mass is 9.85. The Morgan fingerprint density at radius 1 is 1.12 bits per heavy atom. The van der Waals surface area contributed by atoms with Crippen molar-refractivity contribution in [2.75, 3.05) is 13.2 Å². The van der Waals surface area contributed by atoms with Crippen LogP contribution < -0.4 is 19.5 Å². The van der Waals surface area contributed by atoms with Crippen molar-refractivity contribution in [1.29, 1.82) is 0 Å². The number of halogens is 3. The van der Waals surface area contributed by atoms with E-state index in [1.165, 1.54) is 13.8 Å². The third-order valence-corrected chi connectivity index (χ3v) is 15.1. The second-order valence-electron chi connectivity index (χ2n) is 17.8. The third-order valence-electron chi connectivity index (χ3n) is 13.0. The Morgan fingerprint density at radius 2 is 1.81 bits per heavy atom. The summed E-state index contributed by atoms with van der Waals surface area (Å²) in [5.41, 5.74) is -4.09. The molecule has 0 unspecified atom stereocenters. The van der Waals surface area contributed by atoms with Crippen LogP contribution in [0.2, 0.25) is 0 Å². The number of hydrogen-bond donors (Lipinski definition) is 3. The smallest absolute Gasteiger partial charge is 0.411 e. The molecular weight excluding hydrogens is 796 g/mol. The summed E-state index contributed by atoms with van der Waals surface area (Å²) in [4.78, 5) is 62.6. The number of carbonyl (C=O) groups is 4. The van der Waals surface area contributed by atoms with Gasteiger partial charge in [-0.2, -0.15) is 13.2 Å². The molecule has 1 saturated heterocycles. The molecule has 0 spiro atoms. The first-order valence-electron chi connectivity index (χ1n) is 20.3. The number of benzene rings is 1. The zero-order valence-corrected chi connectivity index (χ0v) is 34.6. The van der Waals surface area contributed by atoms with E-state index in [4.69, 9.17) is 14.5 Å². The van der Waals surface area contributed by atoms with Crippen molar-refractivity contribution in [2.45, 2.75) is 133 Å². The van der Waals surface area contributed by atoms with Crippen molar-refractivity contribution < 1.29 is 55.3 Å². The van der Waals surface area contributed by atoms with Gasteiger partial charge in [-0.25, -0.2) is 18.2 Å². The Balaban J connectivity index is 1.30. The number of carboxylic acid groups (broad SMARTS) is 1. The van der Waals surface area contributed by atoms with E-state index in [1.807, 2.05) is 25.1 Å². The number of rotatable bonds is 7. The lowest BCUT2D eigenvalue weighted by Crippen LogP contribution is -2.66. The fourth-order valence-corrected chi connectivity index (χ4v) is 10.1. The number of nitrogens with zero attached hydrogens (tertiary/aromatic N) is 3. The average Bonchev–Trinajstić information content (AvgIpc) is 4.04. The summed E-state index contributed by atoms with van der Waals surface area (Å²) < 4.78 is 84.2. The molecule has 322 valence electrons. The Kier molecular flexibility index (Phi) is 10.9. The van der Waals surface area contributed by atoms with Crippen LogP contribution in [0.15, 0.2) is 36.4 Å². The molecule has 7 atom stereocenters. The number of ether oxygens (including phenoxy) is 2. The molecule has 3 aliphatic heterocycles. The molecule has 4 amide bonds. The Hall–Kier alpha value is -4.61. The molecule has 3 fully saturated rings. The van der Waals surface area contributed by atoms with Gasteiger partial charge < -0.3 is 24.8 Å². The highest BCUT2D eigenvalue weighted by molar-refractivity contribution is 7.91. The molecule has 2 saturated carbocycles. The second kappa shape index (κ2) is 15.1. The second-order valence-corrected chi connectivity index (χ2v) is 20.0. The predicted molar refractivity (Wildman–Crippen MR) is 209 cm³/mol. The standard InChI is InChI=1S/C41H52F3N5O9S/c1-23-11-6-7-12-25-21-40(25,36(52)47-59(55,56)39(5)16-17-39)46-33(50)30-20-26(58-34-28-14-9-8-13-27(28)32-29(45-34)15-10-18-57-32)22-48(30)35(51)31(24(2)19-23)49(37(53)54)38(3,4)41(42,43)44/h7-9,12-14,23-26,30-31H,6,10-11,15-22H2,1-5H3,(H,46,50)(H,47,52)(H,53,54)/t23-,24-,25-,26-,30+,31+,40-/m1/s1. The van der Waals surface area contributed by atoms with Crippen molar-refractivity contribution >= 4 is 44.6 Å². The topological polar surface area (TPSA) is 185 Å². The van der Waals surface area contributed by atoms with Gasteiger partial charge in [0.1, 0.15) is 35.0 Å². The quantitative estimate of drug-likeness (QED) is 0.302. The minimum Gasteiger partial charge on any atom is -0.491 e. The average molecular weight is 848 g/mol. The number of amides is 4. The highest BCUT2D eigenvalue weighted by atomic mass is 32.2. The van der Waals surface area contributed by atoms with Gasteiger partial charge in [-0.15, -0.1) is 0 Å². The molecule has 7 rings (SSSR count). The van der Waals surface area contributed by atoms with Gasteiger partial charge in [0, 0.05) is 23.1 Å². The maximum Gasteiger partial charge on any atom is 0.411 e. The summed E-state index contributed by atoms with van der Waals surface area (Å²) in [6.07, 6.45) is -1.42. The third kappa shape index (κ3) is 7.81. The summed E-state index contributed by atoms with van der Waals surface area (Å²) in [7, 11) is -4.12. The van der Waals surface area contributed by atoms with E-state index in [2.05, 4.69) is 10.0 Å². The van der Waals surface area contributed by atoms with E-state index >= 15 is 4.79 Å². The summed E-state index contributed by atoms with van der Waals surface area (Å²) in [5, 5.41) is 14.6. The highest BCUT2D eigenvalue weighted by Crippen LogP contribution is 2.48. The number of alkyl halides is 3. The molecule has 14 nitrogen and oxygen atoms in total. The molecule has 4 heterocycles. The number of sulfonamides is 1. The molecule has 59 heavy (non-hydrogen) atoms. The lowest BCUT2D eigenvalue weighted by molar-refractivity contribution is -0.222. The first-order chi connectivity index (χ1) is 27.6. The molecule has 1 aromatic carbocycles. The molecular formula is C41H52F3N5O9S. The fraction of sp³-hybridized carbons (Fsp3) is 0.634. The maximum atomic E-state index is 15.1. The monoisotopic (exact) mass is 847 g/mol. The number of nitrogens with one attached hydrogen (secondary N) is 2. The van der Waals surface area contributed by atoms with Crippen LogP contribution in [-0.4, -0.2) is 105 Å². The SMILES string of the molecule is C[C@@H]1CCC=C[C@@H]2C[C@@]2(C(=O)NS(=O)(=O)C2(C)CC2)NC(=O)[C@@H]2C[C@@H](Oc3nc4c(c5ccccc35)OCCC4)CN2C(=O)[C@@H](N(C(=O)O)C(C)(C)C(F)(F)F)[C@H](C)C1. The van der Waals surface area contributed by atoms with Crippen molar-refractivity contribution in [3.63, 3.8) is 0 Å². The Labute approximate surface area is 341 Å². The Bertz CT molecular complexity index is 2180. The van der Waals surface area contributed by atoms with E-state index in [0.717, 1.165) is 10.3 Å².